The van der Waals surface area contributed by atoms with Crippen LogP contribution in [0, 0.1) is 0 Å². The molecule has 1 aromatic heterocycles. The summed E-state index contributed by atoms with van der Waals surface area (Å²) in [5.74, 6) is -0.173. The fraction of sp³-hybridized carbons (Fsp3) is 0.412. The molecule has 25 heavy (non-hydrogen) atoms. The number of aromatic amines is 1. The van der Waals surface area contributed by atoms with Crippen molar-refractivity contribution in [1.82, 2.24) is 14.8 Å². The van der Waals surface area contributed by atoms with E-state index in [-0.39, 0.29) is 29.1 Å². The molecule has 1 aliphatic heterocycles. The molecule has 1 amide bonds. The predicted molar refractivity (Wildman–Crippen MR) is 96.3 cm³/mol. The molecule has 0 unspecified atom stereocenters. The van der Waals surface area contributed by atoms with E-state index < -0.39 is 0 Å². The monoisotopic (exact) mass is 360 g/mol. The van der Waals surface area contributed by atoms with Crippen molar-refractivity contribution in [3.8, 4) is 0 Å². The number of hydrogen-bond donors (Lipinski definition) is 2. The average molecular weight is 360 g/mol. The van der Waals surface area contributed by atoms with Crippen LogP contribution >= 0.6 is 11.8 Å². The number of anilines is 1. The van der Waals surface area contributed by atoms with Gasteiger partial charge in [0.25, 0.3) is 0 Å². The minimum atomic E-state index is -0.251. The highest BCUT2D eigenvalue weighted by Gasteiger charge is 2.27. The van der Waals surface area contributed by atoms with Gasteiger partial charge in [0.15, 0.2) is 10.9 Å². The number of carbonyl (C=O) groups excluding carboxylic acids is 2. The number of Topliss-reactive ketones (excluding diaryl/α,β-unsaturated/α-hetero) is 1. The first kappa shape index (κ1) is 17.5. The number of nitrogens with one attached hydrogen (secondary N) is 2. The topological polar surface area (TPSA) is 96.8 Å². The number of ketones is 1. The largest absolute Gasteiger partial charge is 0.343 e. The van der Waals surface area contributed by atoms with Crippen LogP contribution < -0.4 is 11.0 Å². The molecule has 0 fully saturated rings. The Hall–Kier alpha value is -2.35. The number of rotatable bonds is 7. The zero-order chi connectivity index (χ0) is 18.0. The van der Waals surface area contributed by atoms with Crippen LogP contribution in [0.15, 0.2) is 28.2 Å². The standard InChI is InChI=1S/C17H20N4O3S/c1-3-4-7-21-16(24)19-20-17(21)25-9-14(22)11-5-6-13-12(8-11)10(2)15(23)18-13/h5-6,8,10H,3-4,7,9H2,1-2H3,(H,18,23)(H,19,24)/t10-/m1/s1. The number of unbranched alkanes of at least 4 members (excludes halogenated alkanes) is 1. The Balaban J connectivity index is 1.70. The molecule has 0 radical (unpaired) electrons. The molecule has 2 heterocycles. The molecule has 2 N–H and O–H groups in total. The molecule has 0 spiro atoms. The molecular weight excluding hydrogens is 340 g/mol. The van der Waals surface area contributed by atoms with Crippen molar-refractivity contribution >= 4 is 29.1 Å². The zero-order valence-electron chi connectivity index (χ0n) is 14.2. The molecule has 0 bridgehead atoms. The Morgan fingerprint density at radius 1 is 1.36 bits per heavy atom. The smallest absolute Gasteiger partial charge is 0.325 e. The maximum atomic E-state index is 12.5. The van der Waals surface area contributed by atoms with Crippen LogP contribution in [0.1, 0.15) is 48.5 Å². The lowest BCUT2D eigenvalue weighted by atomic mass is 9.99. The Labute approximate surface area is 149 Å². The molecule has 3 rings (SSSR count). The van der Waals surface area contributed by atoms with Gasteiger partial charge in [-0.1, -0.05) is 25.1 Å². The van der Waals surface area contributed by atoms with Crippen LogP contribution in [0.25, 0.3) is 0 Å². The second-order valence-electron chi connectivity index (χ2n) is 6.04. The van der Waals surface area contributed by atoms with Gasteiger partial charge in [-0.3, -0.25) is 14.2 Å². The van der Waals surface area contributed by atoms with Crippen molar-refractivity contribution in [2.75, 3.05) is 11.1 Å². The number of hydrogen-bond acceptors (Lipinski definition) is 5. The SMILES string of the molecule is CCCCn1c(SCC(=O)c2ccc3c(c2)[C@@H](C)C(=O)N3)n[nH]c1=O. The van der Waals surface area contributed by atoms with Gasteiger partial charge in [-0.05, 0) is 37.1 Å². The molecule has 132 valence electrons. The predicted octanol–water partition coefficient (Wildman–Crippen LogP) is 2.40. The van der Waals surface area contributed by atoms with Gasteiger partial charge >= 0.3 is 5.69 Å². The Morgan fingerprint density at radius 3 is 2.92 bits per heavy atom. The van der Waals surface area contributed by atoms with Crippen LogP contribution in [0.5, 0.6) is 0 Å². The average Bonchev–Trinajstić information content (AvgIpc) is 3.10. The van der Waals surface area contributed by atoms with E-state index in [4.69, 9.17) is 0 Å². The fourth-order valence-electron chi connectivity index (χ4n) is 2.73. The highest BCUT2D eigenvalue weighted by molar-refractivity contribution is 7.99. The molecular formula is C17H20N4O3S. The van der Waals surface area contributed by atoms with Gasteiger partial charge in [-0.15, -0.1) is 5.10 Å². The van der Waals surface area contributed by atoms with E-state index in [1.54, 1.807) is 22.8 Å². The van der Waals surface area contributed by atoms with E-state index in [2.05, 4.69) is 22.4 Å². The van der Waals surface area contributed by atoms with Gasteiger partial charge in [0, 0.05) is 17.8 Å². The van der Waals surface area contributed by atoms with Crippen molar-refractivity contribution < 1.29 is 9.59 Å². The van der Waals surface area contributed by atoms with Crippen LogP contribution in [0.2, 0.25) is 0 Å². The number of H-pyrrole nitrogens is 1. The first-order valence-electron chi connectivity index (χ1n) is 8.27. The summed E-state index contributed by atoms with van der Waals surface area (Å²) in [6.07, 6.45) is 1.85. The molecule has 0 aliphatic carbocycles. The van der Waals surface area contributed by atoms with Crippen LogP contribution in [-0.4, -0.2) is 32.2 Å². The van der Waals surface area contributed by atoms with Gasteiger partial charge in [0.2, 0.25) is 5.91 Å². The van der Waals surface area contributed by atoms with Crippen molar-refractivity contribution in [2.45, 2.75) is 44.3 Å². The van der Waals surface area contributed by atoms with E-state index in [0.717, 1.165) is 24.1 Å². The maximum Gasteiger partial charge on any atom is 0.343 e. The van der Waals surface area contributed by atoms with E-state index in [0.29, 0.717) is 17.3 Å². The highest BCUT2D eigenvalue weighted by Crippen LogP contribution is 2.33. The normalized spacial score (nSPS) is 15.9. The van der Waals surface area contributed by atoms with Crippen LogP contribution in [-0.2, 0) is 11.3 Å². The van der Waals surface area contributed by atoms with Gasteiger partial charge in [-0.2, -0.15) is 0 Å². The van der Waals surface area contributed by atoms with E-state index in [1.165, 1.54) is 11.8 Å². The first-order valence-corrected chi connectivity index (χ1v) is 9.25. The maximum absolute atomic E-state index is 12.5. The second kappa shape index (κ2) is 7.26. The Kier molecular flexibility index (Phi) is 5.08. The van der Waals surface area contributed by atoms with Gasteiger partial charge in [0.05, 0.1) is 11.7 Å². The number of carbonyl (C=O) groups is 2. The number of aromatic nitrogens is 3. The summed E-state index contributed by atoms with van der Waals surface area (Å²) in [6, 6.07) is 5.25. The lowest BCUT2D eigenvalue weighted by Crippen LogP contribution is -2.18. The summed E-state index contributed by atoms with van der Waals surface area (Å²) in [5.41, 5.74) is 1.93. The third kappa shape index (κ3) is 3.53. The Morgan fingerprint density at radius 2 is 2.16 bits per heavy atom. The first-order chi connectivity index (χ1) is 12.0. The molecule has 0 saturated heterocycles. The summed E-state index contributed by atoms with van der Waals surface area (Å²) >= 11 is 1.24. The van der Waals surface area contributed by atoms with E-state index >= 15 is 0 Å². The third-order valence-corrected chi connectivity index (χ3v) is 5.26. The van der Waals surface area contributed by atoms with Crippen LogP contribution in [0.4, 0.5) is 5.69 Å². The number of nitrogens with zero attached hydrogens (tertiary/aromatic N) is 2. The number of amides is 1. The van der Waals surface area contributed by atoms with Crippen molar-refractivity contribution in [1.29, 1.82) is 0 Å². The lowest BCUT2D eigenvalue weighted by Gasteiger charge is -2.06. The van der Waals surface area contributed by atoms with Gasteiger partial charge < -0.3 is 5.32 Å². The fourth-order valence-corrected chi connectivity index (χ4v) is 3.60. The molecule has 1 aliphatic rings. The van der Waals surface area contributed by atoms with Crippen molar-refractivity contribution in [3.63, 3.8) is 0 Å². The highest BCUT2D eigenvalue weighted by atomic mass is 32.2. The molecule has 1 atom stereocenters. The van der Waals surface area contributed by atoms with E-state index in [1.807, 2.05) is 6.92 Å². The lowest BCUT2D eigenvalue weighted by molar-refractivity contribution is -0.116. The molecule has 2 aromatic rings. The summed E-state index contributed by atoms with van der Waals surface area (Å²) in [4.78, 5) is 36.0. The summed E-state index contributed by atoms with van der Waals surface area (Å²) in [6.45, 7) is 4.46. The number of fused-ring (bicyclic) bond motifs is 1. The van der Waals surface area contributed by atoms with Crippen LogP contribution in [0.3, 0.4) is 0 Å². The van der Waals surface area contributed by atoms with Crippen molar-refractivity contribution in [2.24, 2.45) is 0 Å². The molecule has 0 saturated carbocycles. The second-order valence-corrected chi connectivity index (χ2v) is 6.98. The molecule has 7 nitrogen and oxygen atoms in total. The van der Waals surface area contributed by atoms with Crippen molar-refractivity contribution in [3.05, 3.63) is 39.8 Å². The van der Waals surface area contributed by atoms with Gasteiger partial charge in [-0.25, -0.2) is 9.89 Å². The number of thioether (sulfide) groups is 1. The van der Waals surface area contributed by atoms with E-state index in [9.17, 15) is 14.4 Å². The summed E-state index contributed by atoms with van der Waals surface area (Å²) in [7, 11) is 0. The number of benzene rings is 1. The third-order valence-electron chi connectivity index (χ3n) is 4.28. The zero-order valence-corrected chi connectivity index (χ0v) is 15.0. The summed E-state index contributed by atoms with van der Waals surface area (Å²) < 4.78 is 1.56. The quantitative estimate of drug-likeness (QED) is 0.584. The minimum absolute atomic E-state index is 0.0505. The van der Waals surface area contributed by atoms with Gasteiger partial charge in [0.1, 0.15) is 0 Å². The Bertz CT molecular complexity index is 871. The minimum Gasteiger partial charge on any atom is -0.325 e. The molecule has 8 heteroatoms. The molecule has 1 aromatic carbocycles. The summed E-state index contributed by atoms with van der Waals surface area (Å²) in [5, 5.41) is 9.75.